The summed E-state index contributed by atoms with van der Waals surface area (Å²) in [5.41, 5.74) is 5.55. The second-order valence-corrected chi connectivity index (χ2v) is 9.32. The highest BCUT2D eigenvalue weighted by molar-refractivity contribution is 5.98. The number of benzene rings is 2. The van der Waals surface area contributed by atoms with Crippen molar-refractivity contribution in [3.63, 3.8) is 0 Å². The smallest absolute Gasteiger partial charge is 0.247 e. The van der Waals surface area contributed by atoms with E-state index < -0.39 is 0 Å². The molecule has 1 N–H and O–H groups in total. The second-order valence-electron chi connectivity index (χ2n) is 9.32. The van der Waals surface area contributed by atoms with E-state index in [0.29, 0.717) is 13.1 Å². The normalized spacial score (nSPS) is 26.5. The van der Waals surface area contributed by atoms with Crippen LogP contribution in [0.5, 0.6) is 0 Å². The molecule has 33 heavy (non-hydrogen) atoms. The number of hydrogen-bond acceptors (Lipinski definition) is 5. The first-order valence-electron chi connectivity index (χ1n) is 12.1. The SMILES string of the molecule is CCN1CC(C(=O)N2CCN(Cc3ccccc3)CC2)C2NN(c3ccccc3)C(=O)C2C1. The average molecular weight is 448 g/mol. The molecule has 2 aromatic rings. The number of para-hydroxylation sites is 1. The summed E-state index contributed by atoms with van der Waals surface area (Å²) in [6.07, 6.45) is 0. The van der Waals surface area contributed by atoms with Crippen LogP contribution in [-0.4, -0.2) is 78.4 Å². The Labute approximate surface area is 195 Å². The number of likely N-dealkylation sites (tertiary alicyclic amines) is 1. The van der Waals surface area contributed by atoms with Crippen molar-refractivity contribution in [3.8, 4) is 0 Å². The number of carbonyl (C=O) groups is 2. The molecule has 5 rings (SSSR count). The number of nitrogens with zero attached hydrogens (tertiary/aromatic N) is 4. The van der Waals surface area contributed by atoms with Crippen LogP contribution < -0.4 is 10.4 Å². The van der Waals surface area contributed by atoms with Gasteiger partial charge in [-0.2, -0.15) is 0 Å². The zero-order valence-electron chi connectivity index (χ0n) is 19.3. The number of hydrogen-bond donors (Lipinski definition) is 1. The molecule has 0 aromatic heterocycles. The van der Waals surface area contributed by atoms with E-state index in [1.165, 1.54) is 5.56 Å². The minimum absolute atomic E-state index is 0.0647. The summed E-state index contributed by atoms with van der Waals surface area (Å²) in [6, 6.07) is 20.0. The standard InChI is InChI=1S/C26H33N5O2/c1-2-28-18-22(24-23(19-28)26(33)31(27-24)21-11-7-4-8-12-21)25(32)30-15-13-29(14-16-30)17-20-9-5-3-6-10-20/h3-12,22-24,27H,2,13-19H2,1H3. The van der Waals surface area contributed by atoms with Gasteiger partial charge in [0.15, 0.2) is 0 Å². The molecular formula is C26H33N5O2. The third-order valence-corrected chi connectivity index (χ3v) is 7.30. The first kappa shape index (κ1) is 22.1. The summed E-state index contributed by atoms with van der Waals surface area (Å²) in [6.45, 7) is 8.49. The Morgan fingerprint density at radius 3 is 2.24 bits per heavy atom. The van der Waals surface area contributed by atoms with Gasteiger partial charge in [0, 0.05) is 45.8 Å². The van der Waals surface area contributed by atoms with Crippen molar-refractivity contribution in [2.45, 2.75) is 19.5 Å². The van der Waals surface area contributed by atoms with E-state index in [1.54, 1.807) is 5.01 Å². The minimum Gasteiger partial charge on any atom is -0.340 e. The monoisotopic (exact) mass is 447 g/mol. The minimum atomic E-state index is -0.220. The summed E-state index contributed by atoms with van der Waals surface area (Å²) >= 11 is 0. The fraction of sp³-hybridized carbons (Fsp3) is 0.462. The Morgan fingerprint density at radius 2 is 1.58 bits per heavy atom. The van der Waals surface area contributed by atoms with Crippen LogP contribution in [0.15, 0.2) is 60.7 Å². The molecule has 3 heterocycles. The number of fused-ring (bicyclic) bond motifs is 1. The molecule has 3 atom stereocenters. The Morgan fingerprint density at radius 1 is 0.909 bits per heavy atom. The Hall–Kier alpha value is -2.74. The Bertz CT molecular complexity index is 961. The molecule has 3 aliphatic rings. The first-order chi connectivity index (χ1) is 16.1. The lowest BCUT2D eigenvalue weighted by atomic mass is 9.83. The van der Waals surface area contributed by atoms with Crippen LogP contribution in [0.2, 0.25) is 0 Å². The van der Waals surface area contributed by atoms with E-state index in [1.807, 2.05) is 41.3 Å². The molecule has 0 radical (unpaired) electrons. The van der Waals surface area contributed by atoms with Crippen molar-refractivity contribution in [1.29, 1.82) is 0 Å². The van der Waals surface area contributed by atoms with Crippen molar-refractivity contribution in [1.82, 2.24) is 20.1 Å². The molecule has 2 aromatic carbocycles. The summed E-state index contributed by atoms with van der Waals surface area (Å²) < 4.78 is 0. The van der Waals surface area contributed by atoms with E-state index in [4.69, 9.17) is 0 Å². The van der Waals surface area contributed by atoms with Crippen LogP contribution in [0.25, 0.3) is 0 Å². The summed E-state index contributed by atoms with van der Waals surface area (Å²) in [5, 5.41) is 1.66. The molecule has 0 spiro atoms. The molecule has 174 valence electrons. The quantitative estimate of drug-likeness (QED) is 0.758. The Kier molecular flexibility index (Phi) is 6.44. The van der Waals surface area contributed by atoms with Gasteiger partial charge in [0.2, 0.25) is 11.8 Å². The van der Waals surface area contributed by atoms with Crippen molar-refractivity contribution in [3.05, 3.63) is 66.2 Å². The maximum absolute atomic E-state index is 13.7. The fourth-order valence-electron chi connectivity index (χ4n) is 5.40. The van der Waals surface area contributed by atoms with Gasteiger partial charge in [-0.1, -0.05) is 55.5 Å². The van der Waals surface area contributed by atoms with Gasteiger partial charge in [0.1, 0.15) is 0 Å². The topological polar surface area (TPSA) is 59.1 Å². The van der Waals surface area contributed by atoms with Gasteiger partial charge in [-0.25, -0.2) is 10.4 Å². The van der Waals surface area contributed by atoms with Gasteiger partial charge in [0.05, 0.1) is 23.6 Å². The fourth-order valence-corrected chi connectivity index (χ4v) is 5.40. The van der Waals surface area contributed by atoms with Crippen LogP contribution in [0.4, 0.5) is 5.69 Å². The second kappa shape index (κ2) is 9.63. The van der Waals surface area contributed by atoms with Gasteiger partial charge >= 0.3 is 0 Å². The maximum atomic E-state index is 13.7. The number of piperazine rings is 1. The number of nitrogens with one attached hydrogen (secondary N) is 1. The maximum Gasteiger partial charge on any atom is 0.247 e. The van der Waals surface area contributed by atoms with Crippen molar-refractivity contribution >= 4 is 17.5 Å². The van der Waals surface area contributed by atoms with Gasteiger partial charge < -0.3 is 9.80 Å². The third kappa shape index (κ3) is 4.53. The van der Waals surface area contributed by atoms with Gasteiger partial charge in [-0.05, 0) is 24.2 Å². The molecule has 0 saturated carbocycles. The molecule has 0 aliphatic carbocycles. The van der Waals surface area contributed by atoms with Gasteiger partial charge in [-0.3, -0.25) is 14.5 Å². The molecule has 3 unspecified atom stereocenters. The molecular weight excluding hydrogens is 414 g/mol. The highest BCUT2D eigenvalue weighted by atomic mass is 16.2. The van der Waals surface area contributed by atoms with Gasteiger partial charge in [0.25, 0.3) is 0 Å². The van der Waals surface area contributed by atoms with E-state index in [0.717, 1.165) is 45.0 Å². The van der Waals surface area contributed by atoms with Crippen LogP contribution >= 0.6 is 0 Å². The number of anilines is 1. The molecule has 0 bridgehead atoms. The largest absolute Gasteiger partial charge is 0.340 e. The molecule has 2 amide bonds. The molecule has 3 saturated heterocycles. The number of hydrazine groups is 1. The number of rotatable bonds is 5. The summed E-state index contributed by atoms with van der Waals surface area (Å²) in [4.78, 5) is 33.6. The van der Waals surface area contributed by atoms with E-state index in [9.17, 15) is 9.59 Å². The van der Waals surface area contributed by atoms with Crippen molar-refractivity contribution in [2.24, 2.45) is 11.8 Å². The van der Waals surface area contributed by atoms with Crippen molar-refractivity contribution in [2.75, 3.05) is 50.8 Å². The zero-order chi connectivity index (χ0) is 22.8. The highest BCUT2D eigenvalue weighted by Crippen LogP contribution is 2.32. The molecule has 3 fully saturated rings. The van der Waals surface area contributed by atoms with E-state index in [2.05, 4.69) is 46.4 Å². The molecule has 3 aliphatic heterocycles. The third-order valence-electron chi connectivity index (χ3n) is 7.30. The van der Waals surface area contributed by atoms with Crippen LogP contribution in [0.1, 0.15) is 12.5 Å². The molecule has 7 heteroatoms. The van der Waals surface area contributed by atoms with E-state index in [-0.39, 0.29) is 29.7 Å². The highest BCUT2D eigenvalue weighted by Gasteiger charge is 2.51. The predicted octanol–water partition coefficient (Wildman–Crippen LogP) is 1.82. The van der Waals surface area contributed by atoms with Crippen molar-refractivity contribution < 1.29 is 9.59 Å². The zero-order valence-corrected chi connectivity index (χ0v) is 19.3. The average Bonchev–Trinajstić information content (AvgIpc) is 3.21. The summed E-state index contributed by atoms with van der Waals surface area (Å²) in [7, 11) is 0. The van der Waals surface area contributed by atoms with Crippen LogP contribution in [0, 0.1) is 11.8 Å². The number of carbonyl (C=O) groups excluding carboxylic acids is 2. The summed E-state index contributed by atoms with van der Waals surface area (Å²) in [5.74, 6) is -0.179. The number of piperidine rings is 1. The lowest BCUT2D eigenvalue weighted by Crippen LogP contribution is -2.59. The molecule has 7 nitrogen and oxygen atoms in total. The first-order valence-corrected chi connectivity index (χ1v) is 12.1. The number of amides is 2. The van der Waals surface area contributed by atoms with Crippen LogP contribution in [-0.2, 0) is 16.1 Å². The predicted molar refractivity (Wildman–Crippen MR) is 128 cm³/mol. The van der Waals surface area contributed by atoms with Crippen LogP contribution in [0.3, 0.4) is 0 Å². The van der Waals surface area contributed by atoms with Gasteiger partial charge in [-0.15, -0.1) is 0 Å². The Balaban J connectivity index is 1.26. The van der Waals surface area contributed by atoms with E-state index >= 15 is 0 Å². The lowest BCUT2D eigenvalue weighted by Gasteiger charge is -2.42. The lowest BCUT2D eigenvalue weighted by molar-refractivity contribution is -0.141.